The third-order valence-electron chi connectivity index (χ3n) is 5.98. The Morgan fingerprint density at radius 3 is 2.64 bits per heavy atom. The van der Waals surface area contributed by atoms with E-state index >= 15 is 0 Å². The molecule has 0 radical (unpaired) electrons. The molecule has 1 unspecified atom stereocenters. The van der Waals surface area contributed by atoms with Gasteiger partial charge in [-0.25, -0.2) is 13.8 Å². The molecule has 4 aliphatic rings. The summed E-state index contributed by atoms with van der Waals surface area (Å²) in [4.78, 5) is 13.1. The van der Waals surface area contributed by atoms with E-state index in [1.807, 2.05) is 0 Å². The average Bonchev–Trinajstić information content (AvgIpc) is 3.09. The molecule has 0 saturated heterocycles. The van der Waals surface area contributed by atoms with Crippen LogP contribution in [-0.2, 0) is 4.79 Å². The quantitative estimate of drug-likeness (QED) is 0.794. The van der Waals surface area contributed by atoms with Gasteiger partial charge in [0.05, 0.1) is 18.1 Å². The second-order valence-corrected chi connectivity index (χ2v) is 8.06. The number of benzene rings is 1. The van der Waals surface area contributed by atoms with Crippen LogP contribution in [0.1, 0.15) is 37.3 Å². The first-order chi connectivity index (χ1) is 13.5. The van der Waals surface area contributed by atoms with E-state index in [1.54, 1.807) is 24.5 Å². The summed E-state index contributed by atoms with van der Waals surface area (Å²) in [6, 6.07) is 6.41. The van der Waals surface area contributed by atoms with Gasteiger partial charge in [0.15, 0.2) is 0 Å². The molecule has 2 bridgehead atoms. The molecule has 8 heteroatoms. The van der Waals surface area contributed by atoms with Gasteiger partial charge in [-0.05, 0) is 43.0 Å². The van der Waals surface area contributed by atoms with Gasteiger partial charge in [0, 0.05) is 36.4 Å². The molecule has 3 aliphatic carbocycles. The van der Waals surface area contributed by atoms with Crippen molar-refractivity contribution in [1.29, 1.82) is 0 Å². The number of nitrogens with zero attached hydrogens (tertiary/aromatic N) is 4. The lowest BCUT2D eigenvalue weighted by molar-refractivity contribution is -0.227. The lowest BCUT2D eigenvalue weighted by atomic mass is 9.35. The summed E-state index contributed by atoms with van der Waals surface area (Å²) in [6.07, 6.45) is 5.86. The lowest BCUT2D eigenvalue weighted by Gasteiger charge is -2.69. The minimum Gasteiger partial charge on any atom is -0.476 e. The highest BCUT2D eigenvalue weighted by Gasteiger charge is 2.73. The van der Waals surface area contributed by atoms with E-state index in [0.717, 1.165) is 25.3 Å². The number of ether oxygens (including phenoxy) is 1. The van der Waals surface area contributed by atoms with E-state index in [0.29, 0.717) is 24.5 Å². The number of hydrogen-bond acceptors (Lipinski definition) is 5. The Morgan fingerprint density at radius 1 is 1.21 bits per heavy atom. The van der Waals surface area contributed by atoms with Crippen LogP contribution < -0.4 is 4.74 Å². The Labute approximate surface area is 160 Å². The van der Waals surface area contributed by atoms with Crippen molar-refractivity contribution in [3.63, 3.8) is 0 Å². The Bertz CT molecular complexity index is 926. The van der Waals surface area contributed by atoms with Crippen LogP contribution in [0, 0.1) is 22.5 Å². The van der Waals surface area contributed by atoms with Crippen molar-refractivity contribution >= 4 is 12.1 Å². The smallest absolute Gasteiger partial charge is 0.249 e. The zero-order chi connectivity index (χ0) is 19.4. The molecule has 6 nitrogen and oxygen atoms in total. The number of hydrogen-bond donors (Lipinski definition) is 0. The molecule has 1 atom stereocenters. The maximum atomic E-state index is 13.6. The Kier molecular flexibility index (Phi) is 3.72. The van der Waals surface area contributed by atoms with E-state index in [4.69, 9.17) is 4.74 Å². The zero-order valence-corrected chi connectivity index (χ0v) is 15.0. The first kappa shape index (κ1) is 17.2. The number of carbonyl (C=O) groups excluding carboxylic acids is 1. The van der Waals surface area contributed by atoms with Crippen LogP contribution >= 0.6 is 0 Å². The van der Waals surface area contributed by atoms with Gasteiger partial charge in [0.2, 0.25) is 11.8 Å². The predicted octanol–water partition coefficient (Wildman–Crippen LogP) is 3.26. The summed E-state index contributed by atoms with van der Waals surface area (Å²) in [5, 5.41) is 13.3. The van der Waals surface area contributed by atoms with Crippen molar-refractivity contribution in [2.24, 2.45) is 15.9 Å². The Hall–Kier alpha value is -2.90. The van der Waals surface area contributed by atoms with Gasteiger partial charge in [-0.15, -0.1) is 5.10 Å². The van der Waals surface area contributed by atoms with Crippen molar-refractivity contribution in [3.8, 4) is 5.88 Å². The number of halogens is 2. The van der Waals surface area contributed by atoms with Gasteiger partial charge in [0.1, 0.15) is 11.6 Å². The second-order valence-electron chi connectivity index (χ2n) is 8.06. The minimum atomic E-state index is -0.653. The van der Waals surface area contributed by atoms with E-state index in [9.17, 15) is 13.6 Å². The van der Waals surface area contributed by atoms with Crippen molar-refractivity contribution in [2.45, 2.75) is 31.7 Å². The van der Waals surface area contributed by atoms with Gasteiger partial charge in [-0.1, -0.05) is 0 Å². The molecule has 1 aliphatic heterocycles. The van der Waals surface area contributed by atoms with Crippen LogP contribution in [0.3, 0.4) is 0 Å². The van der Waals surface area contributed by atoms with E-state index in [2.05, 4.69) is 15.3 Å². The molecule has 6 rings (SSSR count). The molecule has 28 heavy (non-hydrogen) atoms. The van der Waals surface area contributed by atoms with Crippen LogP contribution in [0.4, 0.5) is 8.78 Å². The van der Waals surface area contributed by atoms with Gasteiger partial charge < -0.3 is 4.74 Å². The lowest BCUT2D eigenvalue weighted by Crippen LogP contribution is -2.69. The van der Waals surface area contributed by atoms with Crippen molar-refractivity contribution in [1.82, 2.24) is 15.2 Å². The summed E-state index contributed by atoms with van der Waals surface area (Å²) in [7, 11) is 0. The highest BCUT2D eigenvalue weighted by atomic mass is 19.1. The topological polar surface area (TPSA) is 67.7 Å². The van der Waals surface area contributed by atoms with Crippen molar-refractivity contribution < 1.29 is 18.3 Å². The number of rotatable bonds is 5. The first-order valence-corrected chi connectivity index (χ1v) is 9.21. The molecule has 2 aromatic rings. The SMILES string of the molecule is O=C(N1N=CCC1c1cc(F)cc(F)c1)C12CC(COc3cccnn3)(C1)C2. The highest BCUT2D eigenvalue weighted by Crippen LogP contribution is 2.74. The molecule has 1 amide bonds. The number of amides is 1. The van der Waals surface area contributed by atoms with Gasteiger partial charge in [-0.2, -0.15) is 10.2 Å². The normalized spacial score (nSPS) is 29.9. The fourth-order valence-electron chi connectivity index (χ4n) is 4.87. The van der Waals surface area contributed by atoms with Crippen molar-refractivity contribution in [3.05, 3.63) is 53.7 Å². The molecule has 3 fully saturated rings. The molecular formula is C20H18F2N4O2. The van der Waals surface area contributed by atoms with E-state index < -0.39 is 23.1 Å². The molecule has 0 spiro atoms. The number of carbonyl (C=O) groups is 1. The summed E-state index contributed by atoms with van der Waals surface area (Å²) in [5.41, 5.74) is -0.00938. The van der Waals surface area contributed by atoms with Crippen LogP contribution in [0.5, 0.6) is 5.88 Å². The van der Waals surface area contributed by atoms with Gasteiger partial charge in [0.25, 0.3) is 0 Å². The summed E-state index contributed by atoms with van der Waals surface area (Å²) in [5.74, 6) is -0.901. The van der Waals surface area contributed by atoms with Crippen LogP contribution in [0.2, 0.25) is 0 Å². The largest absolute Gasteiger partial charge is 0.476 e. The first-order valence-electron chi connectivity index (χ1n) is 9.21. The number of aromatic nitrogens is 2. The fraction of sp³-hybridized carbons (Fsp3) is 0.400. The molecule has 1 aromatic carbocycles. The molecule has 2 heterocycles. The Balaban J connectivity index is 1.25. The third kappa shape index (κ3) is 2.66. The Morgan fingerprint density at radius 2 is 1.96 bits per heavy atom. The molecular weight excluding hydrogens is 366 g/mol. The third-order valence-corrected chi connectivity index (χ3v) is 5.98. The minimum absolute atomic E-state index is 0.00290. The highest BCUT2D eigenvalue weighted by molar-refractivity contribution is 5.88. The van der Waals surface area contributed by atoms with Crippen LogP contribution in [-0.4, -0.2) is 33.9 Å². The predicted molar refractivity (Wildman–Crippen MR) is 95.3 cm³/mol. The van der Waals surface area contributed by atoms with Gasteiger partial charge in [-0.3, -0.25) is 4.79 Å². The zero-order valence-electron chi connectivity index (χ0n) is 15.0. The molecule has 144 valence electrons. The van der Waals surface area contributed by atoms with Crippen LogP contribution in [0.15, 0.2) is 41.6 Å². The van der Waals surface area contributed by atoms with Crippen LogP contribution in [0.25, 0.3) is 0 Å². The standard InChI is InChI=1S/C20H18F2N4O2/c21-14-6-13(7-15(22)8-14)16-3-5-24-26(16)18(27)20-9-19(10-20,11-20)12-28-17-2-1-4-23-25-17/h1-2,4-8,16H,3,9-12H2. The monoisotopic (exact) mass is 384 g/mol. The molecule has 0 N–H and O–H groups in total. The van der Waals surface area contributed by atoms with Crippen molar-refractivity contribution in [2.75, 3.05) is 6.61 Å². The fourth-order valence-corrected chi connectivity index (χ4v) is 4.87. The average molecular weight is 384 g/mol. The molecule has 1 aromatic heterocycles. The maximum Gasteiger partial charge on any atom is 0.249 e. The summed E-state index contributed by atoms with van der Waals surface area (Å²) >= 11 is 0. The van der Waals surface area contributed by atoms with Gasteiger partial charge >= 0.3 is 0 Å². The summed E-state index contributed by atoms with van der Waals surface area (Å²) in [6.45, 7) is 0.503. The molecule has 3 saturated carbocycles. The van der Waals surface area contributed by atoms with E-state index in [1.165, 1.54) is 17.1 Å². The maximum absolute atomic E-state index is 13.6. The number of hydrazone groups is 1. The van der Waals surface area contributed by atoms with E-state index in [-0.39, 0.29) is 11.3 Å². The summed E-state index contributed by atoms with van der Waals surface area (Å²) < 4.78 is 32.9. The second kappa shape index (κ2) is 6.05.